The van der Waals surface area contributed by atoms with Crippen LogP contribution in [-0.4, -0.2) is 7.05 Å². The van der Waals surface area contributed by atoms with Crippen molar-refractivity contribution in [3.63, 3.8) is 0 Å². The zero-order valence-corrected chi connectivity index (χ0v) is 13.2. The summed E-state index contributed by atoms with van der Waals surface area (Å²) in [6.07, 6.45) is 0. The van der Waals surface area contributed by atoms with Gasteiger partial charge in [-0.25, -0.2) is 0 Å². The predicted octanol–water partition coefficient (Wildman–Crippen LogP) is 4.95. The molecule has 0 saturated carbocycles. The van der Waals surface area contributed by atoms with Crippen molar-refractivity contribution in [2.45, 2.75) is 13.2 Å². The first-order chi connectivity index (χ1) is 9.61. The molecule has 2 aromatic carbocycles. The zero-order chi connectivity index (χ0) is 14.5. The number of hydrogen-bond donors (Lipinski definition) is 1. The second-order valence-electron chi connectivity index (χ2n) is 4.27. The topological polar surface area (TPSA) is 21.3 Å². The number of benzene rings is 2. The Morgan fingerprint density at radius 2 is 1.75 bits per heavy atom. The van der Waals surface area contributed by atoms with E-state index in [4.69, 9.17) is 39.5 Å². The van der Waals surface area contributed by atoms with Gasteiger partial charge in [0.25, 0.3) is 0 Å². The molecule has 20 heavy (non-hydrogen) atoms. The molecule has 2 rings (SSSR count). The molecule has 0 bridgehead atoms. The van der Waals surface area contributed by atoms with Gasteiger partial charge in [-0.3, -0.25) is 0 Å². The Bertz CT molecular complexity index is 581. The lowest BCUT2D eigenvalue weighted by Gasteiger charge is -2.13. The van der Waals surface area contributed by atoms with Crippen LogP contribution in [0.4, 0.5) is 0 Å². The summed E-state index contributed by atoms with van der Waals surface area (Å²) in [5.74, 6) is 0.764. The first-order valence-corrected chi connectivity index (χ1v) is 7.24. The molecule has 5 heteroatoms. The molecule has 0 aliphatic heterocycles. The van der Waals surface area contributed by atoms with Crippen molar-refractivity contribution in [2.75, 3.05) is 7.05 Å². The third kappa shape index (κ3) is 3.80. The minimum absolute atomic E-state index is 0.316. The number of ether oxygens (including phenoxy) is 1. The lowest BCUT2D eigenvalue weighted by atomic mass is 10.2. The van der Waals surface area contributed by atoms with Crippen LogP contribution in [0.1, 0.15) is 11.1 Å². The van der Waals surface area contributed by atoms with Crippen molar-refractivity contribution in [3.8, 4) is 5.75 Å². The first-order valence-electron chi connectivity index (χ1n) is 6.10. The van der Waals surface area contributed by atoms with E-state index in [1.54, 1.807) is 18.2 Å². The minimum atomic E-state index is 0.316. The predicted molar refractivity (Wildman–Crippen MR) is 85.0 cm³/mol. The van der Waals surface area contributed by atoms with Gasteiger partial charge in [0.1, 0.15) is 12.4 Å². The fourth-order valence-electron chi connectivity index (χ4n) is 1.84. The maximum Gasteiger partial charge on any atom is 0.124 e. The summed E-state index contributed by atoms with van der Waals surface area (Å²) in [5, 5.41) is 4.96. The van der Waals surface area contributed by atoms with Gasteiger partial charge in [-0.1, -0.05) is 40.9 Å². The molecule has 1 N–H and O–H groups in total. The molecular weight excluding hydrogens is 317 g/mol. The summed E-state index contributed by atoms with van der Waals surface area (Å²) in [6.45, 7) is 0.989. The van der Waals surface area contributed by atoms with E-state index in [1.807, 2.05) is 25.2 Å². The van der Waals surface area contributed by atoms with Crippen LogP contribution in [-0.2, 0) is 13.2 Å². The third-order valence-corrected chi connectivity index (χ3v) is 3.77. The van der Waals surface area contributed by atoms with Gasteiger partial charge in [0.15, 0.2) is 0 Å². The van der Waals surface area contributed by atoms with Crippen molar-refractivity contribution in [2.24, 2.45) is 0 Å². The van der Waals surface area contributed by atoms with Crippen LogP contribution in [0.25, 0.3) is 0 Å². The highest BCUT2D eigenvalue weighted by Gasteiger charge is 2.09. The van der Waals surface area contributed by atoms with Crippen LogP contribution >= 0.6 is 34.8 Å². The van der Waals surface area contributed by atoms with Crippen molar-refractivity contribution in [1.29, 1.82) is 0 Å². The van der Waals surface area contributed by atoms with Gasteiger partial charge in [-0.2, -0.15) is 0 Å². The molecule has 0 fully saturated rings. The SMILES string of the molecule is CNCc1cc(Cl)ccc1OCc1c(Cl)cccc1Cl. The molecule has 0 aliphatic rings. The van der Waals surface area contributed by atoms with Crippen LogP contribution in [0.15, 0.2) is 36.4 Å². The van der Waals surface area contributed by atoms with Gasteiger partial charge in [-0.05, 0) is 37.4 Å². The maximum absolute atomic E-state index is 6.12. The van der Waals surface area contributed by atoms with Crippen molar-refractivity contribution in [1.82, 2.24) is 5.32 Å². The Balaban J connectivity index is 2.18. The molecule has 0 aromatic heterocycles. The van der Waals surface area contributed by atoms with Gasteiger partial charge < -0.3 is 10.1 Å². The molecular formula is C15H14Cl3NO. The monoisotopic (exact) mass is 329 g/mol. The molecule has 0 atom stereocenters. The van der Waals surface area contributed by atoms with Gasteiger partial charge in [0.2, 0.25) is 0 Å². The summed E-state index contributed by atoms with van der Waals surface area (Å²) in [5.41, 5.74) is 1.77. The summed E-state index contributed by atoms with van der Waals surface area (Å²) < 4.78 is 5.82. The molecule has 0 unspecified atom stereocenters. The molecule has 106 valence electrons. The van der Waals surface area contributed by atoms with E-state index in [1.165, 1.54) is 0 Å². The van der Waals surface area contributed by atoms with E-state index in [-0.39, 0.29) is 0 Å². The average molecular weight is 331 g/mol. The largest absolute Gasteiger partial charge is 0.488 e. The standard InChI is InChI=1S/C15H14Cl3NO/c1-19-8-10-7-11(16)5-6-15(10)20-9-12-13(17)3-2-4-14(12)18/h2-7,19H,8-9H2,1H3. The first kappa shape index (κ1) is 15.5. The summed E-state index contributed by atoms with van der Waals surface area (Å²) in [6, 6.07) is 10.9. The van der Waals surface area contributed by atoms with E-state index < -0.39 is 0 Å². The highest BCUT2D eigenvalue weighted by atomic mass is 35.5. The molecule has 0 aliphatic carbocycles. The summed E-state index contributed by atoms with van der Waals surface area (Å²) >= 11 is 18.2. The second kappa shape index (κ2) is 7.19. The van der Waals surface area contributed by atoms with Crippen LogP contribution in [0.2, 0.25) is 15.1 Å². The van der Waals surface area contributed by atoms with E-state index in [0.717, 1.165) is 16.9 Å². The molecule has 0 spiro atoms. The highest BCUT2D eigenvalue weighted by Crippen LogP contribution is 2.28. The fourth-order valence-corrected chi connectivity index (χ4v) is 2.54. The quantitative estimate of drug-likeness (QED) is 0.838. The van der Waals surface area contributed by atoms with Crippen molar-refractivity contribution >= 4 is 34.8 Å². The molecule has 2 nitrogen and oxygen atoms in total. The second-order valence-corrected chi connectivity index (χ2v) is 5.52. The van der Waals surface area contributed by atoms with Gasteiger partial charge in [0, 0.05) is 32.7 Å². The minimum Gasteiger partial charge on any atom is -0.488 e. The average Bonchev–Trinajstić information content (AvgIpc) is 2.40. The number of hydrogen-bond acceptors (Lipinski definition) is 2. The molecule has 2 aromatic rings. The zero-order valence-electron chi connectivity index (χ0n) is 10.9. The van der Waals surface area contributed by atoms with Crippen molar-refractivity contribution < 1.29 is 4.74 Å². The highest BCUT2D eigenvalue weighted by molar-refractivity contribution is 6.35. The summed E-state index contributed by atoms with van der Waals surface area (Å²) in [7, 11) is 1.87. The van der Waals surface area contributed by atoms with E-state index in [0.29, 0.717) is 28.2 Å². The Morgan fingerprint density at radius 3 is 2.40 bits per heavy atom. The molecule has 0 radical (unpaired) electrons. The molecule has 0 saturated heterocycles. The van der Waals surface area contributed by atoms with Gasteiger partial charge in [-0.15, -0.1) is 0 Å². The smallest absolute Gasteiger partial charge is 0.124 e. The Hall–Kier alpha value is -0.930. The Labute approximate surface area is 133 Å². The number of rotatable bonds is 5. The lowest BCUT2D eigenvalue weighted by molar-refractivity contribution is 0.302. The fraction of sp³-hybridized carbons (Fsp3) is 0.200. The van der Waals surface area contributed by atoms with Gasteiger partial charge in [0.05, 0.1) is 0 Å². The van der Waals surface area contributed by atoms with Crippen LogP contribution in [0, 0.1) is 0 Å². The van der Waals surface area contributed by atoms with E-state index in [9.17, 15) is 0 Å². The number of nitrogens with one attached hydrogen (secondary N) is 1. The van der Waals surface area contributed by atoms with E-state index in [2.05, 4.69) is 5.32 Å². The Kier molecular flexibility index (Phi) is 5.55. The van der Waals surface area contributed by atoms with Crippen LogP contribution in [0.3, 0.4) is 0 Å². The Morgan fingerprint density at radius 1 is 1.05 bits per heavy atom. The van der Waals surface area contributed by atoms with Crippen LogP contribution in [0.5, 0.6) is 5.75 Å². The normalized spacial score (nSPS) is 10.6. The number of halogens is 3. The molecule has 0 amide bonds. The van der Waals surface area contributed by atoms with Crippen molar-refractivity contribution in [3.05, 3.63) is 62.6 Å². The van der Waals surface area contributed by atoms with E-state index >= 15 is 0 Å². The van der Waals surface area contributed by atoms with Crippen LogP contribution < -0.4 is 10.1 Å². The maximum atomic E-state index is 6.12. The van der Waals surface area contributed by atoms with Gasteiger partial charge >= 0.3 is 0 Å². The lowest BCUT2D eigenvalue weighted by Crippen LogP contribution is -2.08. The summed E-state index contributed by atoms with van der Waals surface area (Å²) in [4.78, 5) is 0. The third-order valence-electron chi connectivity index (χ3n) is 2.82. The molecule has 0 heterocycles.